The molecule has 0 bridgehead atoms. The van der Waals surface area contributed by atoms with Crippen LogP contribution < -0.4 is 4.90 Å². The van der Waals surface area contributed by atoms with E-state index in [0.29, 0.717) is 17.5 Å². The van der Waals surface area contributed by atoms with Gasteiger partial charge in [0, 0.05) is 19.7 Å². The van der Waals surface area contributed by atoms with Crippen molar-refractivity contribution < 1.29 is 9.26 Å². The Labute approximate surface area is 184 Å². The summed E-state index contributed by atoms with van der Waals surface area (Å²) >= 11 is 3.20. The standard InChI is InChI=1S/C20H26N6O2S2/c1-14-6-8-25(9-7-14)19-22-23-20(26(19)12-15-4-2-10-27-15)30-13-17-21-18(24-28-17)16-5-3-11-29-16/h3,5,11,14-15H,2,4,6-10,12-13H2,1H3. The van der Waals surface area contributed by atoms with E-state index in [9.17, 15) is 0 Å². The fourth-order valence-electron chi connectivity index (χ4n) is 3.93. The van der Waals surface area contributed by atoms with Gasteiger partial charge < -0.3 is 14.2 Å². The second-order valence-electron chi connectivity index (χ2n) is 7.98. The van der Waals surface area contributed by atoms with E-state index in [2.05, 4.69) is 36.7 Å². The van der Waals surface area contributed by atoms with Crippen molar-refractivity contribution in [2.75, 3.05) is 24.6 Å². The van der Waals surface area contributed by atoms with Crippen LogP contribution in [0.5, 0.6) is 0 Å². The fraction of sp³-hybridized carbons (Fsp3) is 0.600. The largest absolute Gasteiger partial charge is 0.376 e. The van der Waals surface area contributed by atoms with Crippen molar-refractivity contribution in [3.63, 3.8) is 0 Å². The summed E-state index contributed by atoms with van der Waals surface area (Å²) in [5.74, 6) is 3.55. The van der Waals surface area contributed by atoms with E-state index in [1.54, 1.807) is 23.1 Å². The summed E-state index contributed by atoms with van der Waals surface area (Å²) in [4.78, 5) is 7.91. The summed E-state index contributed by atoms with van der Waals surface area (Å²) in [5.41, 5.74) is 0. The first kappa shape index (κ1) is 20.0. The van der Waals surface area contributed by atoms with Crippen molar-refractivity contribution in [3.05, 3.63) is 23.4 Å². The zero-order valence-corrected chi connectivity index (χ0v) is 18.7. The molecule has 2 fully saturated rings. The fourth-order valence-corrected chi connectivity index (χ4v) is 5.36. The molecule has 5 rings (SSSR count). The van der Waals surface area contributed by atoms with Crippen LogP contribution in [0.3, 0.4) is 0 Å². The molecule has 0 aliphatic carbocycles. The lowest BCUT2D eigenvalue weighted by atomic mass is 10.00. The number of aromatic nitrogens is 5. The van der Waals surface area contributed by atoms with E-state index < -0.39 is 0 Å². The van der Waals surface area contributed by atoms with E-state index >= 15 is 0 Å². The molecule has 0 radical (unpaired) electrons. The number of hydrogen-bond donors (Lipinski definition) is 0. The number of ether oxygens (including phenoxy) is 1. The summed E-state index contributed by atoms with van der Waals surface area (Å²) in [5, 5.41) is 16.1. The van der Waals surface area contributed by atoms with Crippen LogP contribution in [0.1, 0.15) is 38.5 Å². The van der Waals surface area contributed by atoms with Gasteiger partial charge in [0.1, 0.15) is 0 Å². The summed E-state index contributed by atoms with van der Waals surface area (Å²) < 4.78 is 13.6. The minimum absolute atomic E-state index is 0.233. The molecule has 2 aliphatic rings. The van der Waals surface area contributed by atoms with Crippen molar-refractivity contribution in [3.8, 4) is 10.7 Å². The maximum absolute atomic E-state index is 5.90. The molecule has 0 amide bonds. The normalized spacial score (nSPS) is 20.3. The first-order chi connectivity index (χ1) is 14.8. The highest BCUT2D eigenvalue weighted by atomic mass is 32.2. The molecule has 0 aromatic carbocycles. The van der Waals surface area contributed by atoms with Crippen LogP contribution in [0.25, 0.3) is 10.7 Å². The zero-order chi connectivity index (χ0) is 20.3. The third-order valence-electron chi connectivity index (χ3n) is 5.71. The summed E-state index contributed by atoms with van der Waals surface area (Å²) in [6, 6.07) is 3.98. The minimum Gasteiger partial charge on any atom is -0.376 e. The van der Waals surface area contributed by atoms with Crippen LogP contribution in [0, 0.1) is 5.92 Å². The van der Waals surface area contributed by atoms with Crippen LogP contribution in [0.2, 0.25) is 0 Å². The van der Waals surface area contributed by atoms with Gasteiger partial charge in [0.25, 0.3) is 0 Å². The molecule has 0 spiro atoms. The Balaban J connectivity index is 1.32. The lowest BCUT2D eigenvalue weighted by Crippen LogP contribution is -2.35. The molecule has 160 valence electrons. The number of anilines is 1. The number of nitrogens with zero attached hydrogens (tertiary/aromatic N) is 6. The molecule has 1 unspecified atom stereocenters. The van der Waals surface area contributed by atoms with Crippen molar-refractivity contribution >= 4 is 29.0 Å². The van der Waals surface area contributed by atoms with E-state index in [4.69, 9.17) is 9.26 Å². The van der Waals surface area contributed by atoms with Crippen LogP contribution in [-0.4, -0.2) is 50.7 Å². The monoisotopic (exact) mass is 446 g/mol. The Morgan fingerprint density at radius 3 is 2.90 bits per heavy atom. The number of piperidine rings is 1. The second kappa shape index (κ2) is 9.07. The van der Waals surface area contributed by atoms with Gasteiger partial charge in [-0.3, -0.25) is 4.57 Å². The van der Waals surface area contributed by atoms with Crippen LogP contribution in [0.15, 0.2) is 27.2 Å². The van der Waals surface area contributed by atoms with Gasteiger partial charge in [0.05, 0.1) is 23.3 Å². The van der Waals surface area contributed by atoms with Crippen molar-refractivity contribution in [2.45, 2.75) is 56.2 Å². The topological polar surface area (TPSA) is 82.1 Å². The van der Waals surface area contributed by atoms with Gasteiger partial charge in [-0.25, -0.2) is 0 Å². The molecule has 5 heterocycles. The molecule has 2 saturated heterocycles. The third kappa shape index (κ3) is 4.40. The van der Waals surface area contributed by atoms with Crippen molar-refractivity contribution in [1.29, 1.82) is 0 Å². The molecule has 0 saturated carbocycles. The first-order valence-corrected chi connectivity index (χ1v) is 12.4. The van der Waals surface area contributed by atoms with E-state index in [-0.39, 0.29) is 6.10 Å². The Morgan fingerprint density at radius 2 is 2.13 bits per heavy atom. The van der Waals surface area contributed by atoms with Gasteiger partial charge >= 0.3 is 0 Å². The molecular formula is C20H26N6O2S2. The van der Waals surface area contributed by atoms with Gasteiger partial charge in [0.2, 0.25) is 17.7 Å². The number of rotatable bonds is 7. The lowest BCUT2D eigenvalue weighted by molar-refractivity contribution is 0.0951. The van der Waals surface area contributed by atoms with Crippen LogP contribution in [0.4, 0.5) is 5.95 Å². The Morgan fingerprint density at radius 1 is 1.23 bits per heavy atom. The SMILES string of the molecule is CC1CCN(c2nnc(SCc3nc(-c4cccs4)no3)n2CC2CCCO2)CC1. The summed E-state index contributed by atoms with van der Waals surface area (Å²) in [6.07, 6.45) is 4.84. The zero-order valence-electron chi connectivity index (χ0n) is 17.1. The molecule has 1 atom stereocenters. The van der Waals surface area contributed by atoms with Gasteiger partial charge in [-0.2, -0.15) is 4.98 Å². The highest BCUT2D eigenvalue weighted by Gasteiger charge is 2.26. The summed E-state index contributed by atoms with van der Waals surface area (Å²) in [7, 11) is 0. The molecular weight excluding hydrogens is 420 g/mol. The number of hydrogen-bond acceptors (Lipinski definition) is 9. The van der Waals surface area contributed by atoms with E-state index in [0.717, 1.165) is 61.0 Å². The van der Waals surface area contributed by atoms with Crippen LogP contribution in [-0.2, 0) is 17.0 Å². The van der Waals surface area contributed by atoms with Crippen molar-refractivity contribution in [2.24, 2.45) is 5.92 Å². The molecule has 3 aromatic heterocycles. The molecule has 10 heteroatoms. The third-order valence-corrected chi connectivity index (χ3v) is 7.53. The molecule has 3 aromatic rings. The van der Waals surface area contributed by atoms with Crippen LogP contribution >= 0.6 is 23.1 Å². The Kier molecular flexibility index (Phi) is 6.05. The maximum Gasteiger partial charge on any atom is 0.237 e. The first-order valence-electron chi connectivity index (χ1n) is 10.6. The van der Waals surface area contributed by atoms with Gasteiger partial charge in [-0.05, 0) is 43.0 Å². The highest BCUT2D eigenvalue weighted by molar-refractivity contribution is 7.98. The average molecular weight is 447 g/mol. The molecule has 30 heavy (non-hydrogen) atoms. The predicted octanol–water partition coefficient (Wildman–Crippen LogP) is 4.10. The number of thiophene rings is 1. The van der Waals surface area contributed by atoms with Gasteiger partial charge in [-0.15, -0.1) is 21.5 Å². The number of thioether (sulfide) groups is 1. The van der Waals surface area contributed by atoms with E-state index in [1.165, 1.54) is 12.8 Å². The Hall–Kier alpha value is -1.91. The van der Waals surface area contributed by atoms with E-state index in [1.807, 2.05) is 17.5 Å². The minimum atomic E-state index is 0.233. The average Bonchev–Trinajstić information content (AvgIpc) is 3.55. The molecule has 2 aliphatic heterocycles. The van der Waals surface area contributed by atoms with Crippen molar-refractivity contribution in [1.82, 2.24) is 24.9 Å². The van der Waals surface area contributed by atoms with Gasteiger partial charge in [-0.1, -0.05) is 29.9 Å². The molecule has 8 nitrogen and oxygen atoms in total. The molecule has 0 N–H and O–H groups in total. The van der Waals surface area contributed by atoms with Gasteiger partial charge in [0.15, 0.2) is 5.16 Å². The second-order valence-corrected chi connectivity index (χ2v) is 9.87. The smallest absolute Gasteiger partial charge is 0.237 e. The highest BCUT2D eigenvalue weighted by Crippen LogP contribution is 2.30. The quantitative estimate of drug-likeness (QED) is 0.502. The predicted molar refractivity (Wildman–Crippen MR) is 117 cm³/mol. The summed E-state index contributed by atoms with van der Waals surface area (Å²) in [6.45, 7) is 6.03. The lowest BCUT2D eigenvalue weighted by Gasteiger charge is -2.31. The maximum atomic E-state index is 5.90. The Bertz CT molecular complexity index is 943.